The van der Waals surface area contributed by atoms with Gasteiger partial charge in [0.15, 0.2) is 0 Å². The normalized spacial score (nSPS) is 28.3. The Bertz CT molecular complexity index is 526. The number of aliphatic hydroxyl groups excluding tert-OH is 2. The van der Waals surface area contributed by atoms with Crippen LogP contribution in [0.3, 0.4) is 0 Å². The zero-order valence-corrected chi connectivity index (χ0v) is 11.6. The summed E-state index contributed by atoms with van der Waals surface area (Å²) in [7, 11) is -3.62. The van der Waals surface area contributed by atoms with Crippen molar-refractivity contribution >= 4 is 10.0 Å². The van der Waals surface area contributed by atoms with E-state index >= 15 is 0 Å². The van der Waals surface area contributed by atoms with Crippen LogP contribution in [0.1, 0.15) is 24.8 Å². The number of nitrogens with one attached hydrogen (secondary N) is 1. The molecule has 0 amide bonds. The molecule has 0 bridgehead atoms. The van der Waals surface area contributed by atoms with Gasteiger partial charge in [-0.1, -0.05) is 17.7 Å². The van der Waals surface area contributed by atoms with Crippen molar-refractivity contribution in [3.05, 3.63) is 29.8 Å². The molecule has 0 spiro atoms. The number of hydrogen-bond acceptors (Lipinski definition) is 4. The molecule has 0 saturated heterocycles. The minimum Gasteiger partial charge on any atom is -0.393 e. The Morgan fingerprint density at radius 2 is 1.79 bits per heavy atom. The zero-order chi connectivity index (χ0) is 14.0. The summed E-state index contributed by atoms with van der Waals surface area (Å²) in [6.07, 6.45) is -0.244. The summed E-state index contributed by atoms with van der Waals surface area (Å²) in [6.45, 7) is 1.89. The lowest BCUT2D eigenvalue weighted by atomic mass is 9.91. The third kappa shape index (κ3) is 3.54. The summed E-state index contributed by atoms with van der Waals surface area (Å²) in [6, 6.07) is 6.02. The molecule has 0 unspecified atom stereocenters. The second kappa shape index (κ2) is 5.58. The highest BCUT2D eigenvalue weighted by Gasteiger charge is 2.31. The molecular formula is C13H19NO4S. The van der Waals surface area contributed by atoms with Gasteiger partial charge in [-0.3, -0.25) is 0 Å². The van der Waals surface area contributed by atoms with Crippen LogP contribution in [0.25, 0.3) is 0 Å². The maximum Gasteiger partial charge on any atom is 0.240 e. The average Bonchev–Trinajstić information content (AvgIpc) is 2.33. The van der Waals surface area contributed by atoms with E-state index in [1.165, 1.54) is 0 Å². The van der Waals surface area contributed by atoms with Gasteiger partial charge in [0.2, 0.25) is 10.0 Å². The number of benzene rings is 1. The van der Waals surface area contributed by atoms with E-state index < -0.39 is 28.3 Å². The van der Waals surface area contributed by atoms with E-state index in [0.717, 1.165) is 5.56 Å². The molecule has 0 aliphatic heterocycles. The summed E-state index contributed by atoms with van der Waals surface area (Å²) >= 11 is 0. The lowest BCUT2D eigenvalue weighted by molar-refractivity contribution is 0.0230. The lowest BCUT2D eigenvalue weighted by Crippen LogP contribution is -2.47. The van der Waals surface area contributed by atoms with E-state index in [1.807, 2.05) is 6.92 Å². The van der Waals surface area contributed by atoms with Gasteiger partial charge in [-0.15, -0.1) is 0 Å². The first-order valence-electron chi connectivity index (χ1n) is 6.33. The summed E-state index contributed by atoms with van der Waals surface area (Å²) in [5, 5.41) is 19.2. The topological polar surface area (TPSA) is 86.6 Å². The molecule has 1 aromatic carbocycles. The van der Waals surface area contributed by atoms with Crippen LogP contribution in [0.5, 0.6) is 0 Å². The van der Waals surface area contributed by atoms with Crippen LogP contribution in [-0.4, -0.2) is 36.9 Å². The zero-order valence-electron chi connectivity index (χ0n) is 10.8. The van der Waals surface area contributed by atoms with E-state index in [2.05, 4.69) is 4.72 Å². The van der Waals surface area contributed by atoms with Crippen LogP contribution in [0.15, 0.2) is 29.2 Å². The van der Waals surface area contributed by atoms with Gasteiger partial charge < -0.3 is 10.2 Å². The molecule has 2 rings (SSSR count). The number of aliphatic hydroxyl groups is 2. The number of sulfonamides is 1. The van der Waals surface area contributed by atoms with Crippen molar-refractivity contribution < 1.29 is 18.6 Å². The third-order valence-corrected chi connectivity index (χ3v) is 4.93. The molecule has 0 aromatic heterocycles. The van der Waals surface area contributed by atoms with Crippen molar-refractivity contribution in [3.63, 3.8) is 0 Å². The van der Waals surface area contributed by atoms with Gasteiger partial charge in [-0.05, 0) is 31.9 Å². The van der Waals surface area contributed by atoms with E-state index in [1.54, 1.807) is 24.3 Å². The van der Waals surface area contributed by atoms with Crippen LogP contribution in [0, 0.1) is 6.92 Å². The Morgan fingerprint density at radius 1 is 1.16 bits per heavy atom. The Hall–Kier alpha value is -0.950. The van der Waals surface area contributed by atoms with Gasteiger partial charge in [0, 0.05) is 12.5 Å². The average molecular weight is 285 g/mol. The fourth-order valence-electron chi connectivity index (χ4n) is 2.25. The van der Waals surface area contributed by atoms with Crippen LogP contribution < -0.4 is 4.72 Å². The minimum absolute atomic E-state index is 0.191. The van der Waals surface area contributed by atoms with Crippen molar-refractivity contribution in [2.45, 2.75) is 49.3 Å². The molecule has 1 aliphatic carbocycles. The number of hydrogen-bond donors (Lipinski definition) is 3. The van der Waals surface area contributed by atoms with Gasteiger partial charge in [0.1, 0.15) is 0 Å². The van der Waals surface area contributed by atoms with Crippen molar-refractivity contribution in [2.24, 2.45) is 0 Å². The highest BCUT2D eigenvalue weighted by Crippen LogP contribution is 2.21. The van der Waals surface area contributed by atoms with Gasteiger partial charge in [0.05, 0.1) is 17.1 Å². The molecule has 3 atom stereocenters. The van der Waals surface area contributed by atoms with E-state index in [0.29, 0.717) is 12.8 Å². The third-order valence-electron chi connectivity index (χ3n) is 3.43. The fraction of sp³-hybridized carbons (Fsp3) is 0.538. The molecular weight excluding hydrogens is 266 g/mol. The molecule has 1 fully saturated rings. The summed E-state index contributed by atoms with van der Waals surface area (Å²) in [4.78, 5) is 0.191. The molecule has 5 nitrogen and oxygen atoms in total. The van der Waals surface area contributed by atoms with Gasteiger partial charge in [-0.2, -0.15) is 0 Å². The minimum atomic E-state index is -3.62. The molecule has 0 radical (unpaired) electrons. The largest absolute Gasteiger partial charge is 0.393 e. The molecule has 106 valence electrons. The smallest absolute Gasteiger partial charge is 0.240 e. The highest BCUT2D eigenvalue weighted by atomic mass is 32.2. The Morgan fingerprint density at radius 3 is 2.37 bits per heavy atom. The van der Waals surface area contributed by atoms with Crippen molar-refractivity contribution in [1.82, 2.24) is 4.72 Å². The maximum absolute atomic E-state index is 12.2. The lowest BCUT2D eigenvalue weighted by Gasteiger charge is -2.31. The maximum atomic E-state index is 12.2. The van der Waals surface area contributed by atoms with Crippen molar-refractivity contribution in [2.75, 3.05) is 0 Å². The van der Waals surface area contributed by atoms with Crippen LogP contribution in [0.2, 0.25) is 0 Å². The van der Waals surface area contributed by atoms with Crippen molar-refractivity contribution in [1.29, 1.82) is 0 Å². The van der Waals surface area contributed by atoms with Crippen molar-refractivity contribution in [3.8, 4) is 0 Å². The standard InChI is InChI=1S/C13H19NO4S/c1-9-2-5-11(6-3-9)19(17,18)14-12-7-4-10(15)8-13(12)16/h2-3,5-6,10,12-16H,4,7-8H2,1H3/t10-,12-,13+/m1/s1. The SMILES string of the molecule is Cc1ccc(S(=O)(=O)N[C@@H]2CC[C@@H](O)C[C@@H]2O)cc1. The Balaban J connectivity index is 2.11. The summed E-state index contributed by atoms with van der Waals surface area (Å²) < 4.78 is 26.8. The van der Waals surface area contributed by atoms with Gasteiger partial charge >= 0.3 is 0 Å². The first-order valence-corrected chi connectivity index (χ1v) is 7.82. The first kappa shape index (κ1) is 14.5. The second-order valence-corrected chi connectivity index (χ2v) is 6.79. The van der Waals surface area contributed by atoms with Crippen LogP contribution >= 0.6 is 0 Å². The van der Waals surface area contributed by atoms with Crippen LogP contribution in [-0.2, 0) is 10.0 Å². The van der Waals surface area contributed by atoms with Gasteiger partial charge in [0.25, 0.3) is 0 Å². The molecule has 3 N–H and O–H groups in total. The number of aryl methyl sites for hydroxylation is 1. The van der Waals surface area contributed by atoms with Gasteiger partial charge in [-0.25, -0.2) is 13.1 Å². The summed E-state index contributed by atoms with van der Waals surface area (Å²) in [5.41, 5.74) is 0.986. The first-order chi connectivity index (χ1) is 8.88. The predicted molar refractivity (Wildman–Crippen MR) is 71.2 cm³/mol. The molecule has 19 heavy (non-hydrogen) atoms. The van der Waals surface area contributed by atoms with Crippen LogP contribution in [0.4, 0.5) is 0 Å². The van der Waals surface area contributed by atoms with E-state index in [9.17, 15) is 18.6 Å². The molecule has 1 aliphatic rings. The second-order valence-electron chi connectivity index (χ2n) is 5.08. The van der Waals surface area contributed by atoms with E-state index in [-0.39, 0.29) is 11.3 Å². The molecule has 0 heterocycles. The molecule has 6 heteroatoms. The molecule has 1 aromatic rings. The number of rotatable bonds is 3. The predicted octanol–water partition coefficient (Wildman–Crippen LogP) is 0.548. The molecule has 1 saturated carbocycles. The highest BCUT2D eigenvalue weighted by molar-refractivity contribution is 7.89. The quantitative estimate of drug-likeness (QED) is 0.757. The Kier molecular flexibility index (Phi) is 4.25. The monoisotopic (exact) mass is 285 g/mol. The summed E-state index contributed by atoms with van der Waals surface area (Å²) in [5.74, 6) is 0. The fourth-order valence-corrected chi connectivity index (χ4v) is 3.55. The Labute approximate surface area is 113 Å². The van der Waals surface area contributed by atoms with E-state index in [4.69, 9.17) is 0 Å².